The Morgan fingerprint density at radius 2 is 1.68 bits per heavy atom. The summed E-state index contributed by atoms with van der Waals surface area (Å²) in [4.78, 5) is 4.41. The molecule has 4 aromatic rings. The van der Waals surface area contributed by atoms with Crippen LogP contribution in [0, 0.1) is 6.92 Å². The van der Waals surface area contributed by atoms with Crippen LogP contribution in [-0.4, -0.2) is 24.2 Å². The van der Waals surface area contributed by atoms with Crippen molar-refractivity contribution in [2.45, 2.75) is 18.2 Å². The van der Waals surface area contributed by atoms with Gasteiger partial charge in [0.25, 0.3) is 10.0 Å². The van der Waals surface area contributed by atoms with Gasteiger partial charge in [0.1, 0.15) is 11.4 Å². The summed E-state index contributed by atoms with van der Waals surface area (Å²) in [5.74, 6) is -0.501. The number of fused-ring (bicyclic) bond motifs is 1. The molecule has 4 rings (SSSR count). The first kappa shape index (κ1) is 20.7. The van der Waals surface area contributed by atoms with Gasteiger partial charge in [0, 0.05) is 23.6 Å². The topological polar surface area (TPSA) is 72.7 Å². The molecule has 2 aromatic carbocycles. The Labute approximate surface area is 176 Å². The van der Waals surface area contributed by atoms with Crippen LogP contribution in [0.5, 0.6) is 5.75 Å². The molecule has 0 saturated carbocycles. The van der Waals surface area contributed by atoms with E-state index in [4.69, 9.17) is 0 Å². The number of anilines is 1. The minimum Gasteiger partial charge on any atom is -0.406 e. The minimum absolute atomic E-state index is 0.193. The molecule has 0 bridgehead atoms. The molecule has 0 aliphatic carbocycles. The summed E-state index contributed by atoms with van der Waals surface area (Å²) in [6, 6.07) is 14.5. The van der Waals surface area contributed by atoms with Crippen molar-refractivity contribution in [1.82, 2.24) is 9.38 Å². The molecular weight excluding hydrogens is 431 g/mol. The van der Waals surface area contributed by atoms with Crippen LogP contribution in [0.1, 0.15) is 5.56 Å². The third kappa shape index (κ3) is 4.64. The van der Waals surface area contributed by atoms with E-state index in [1.807, 2.05) is 35.9 Å². The third-order valence-electron chi connectivity index (χ3n) is 4.48. The molecule has 0 unspecified atom stereocenters. The van der Waals surface area contributed by atoms with E-state index in [1.165, 1.54) is 0 Å². The van der Waals surface area contributed by atoms with Gasteiger partial charge in [-0.1, -0.05) is 18.2 Å². The first-order valence-corrected chi connectivity index (χ1v) is 10.5. The van der Waals surface area contributed by atoms with E-state index in [1.54, 1.807) is 24.3 Å². The third-order valence-corrected chi connectivity index (χ3v) is 5.88. The fourth-order valence-corrected chi connectivity index (χ4v) is 4.09. The second kappa shape index (κ2) is 7.62. The normalized spacial score (nSPS) is 12.1. The molecule has 0 radical (unpaired) electrons. The highest BCUT2D eigenvalue weighted by Crippen LogP contribution is 2.26. The molecule has 0 aliphatic heterocycles. The second-order valence-corrected chi connectivity index (χ2v) is 8.43. The lowest BCUT2D eigenvalue weighted by Crippen LogP contribution is -2.17. The van der Waals surface area contributed by atoms with Crippen molar-refractivity contribution in [2.24, 2.45) is 0 Å². The number of alkyl halides is 3. The van der Waals surface area contributed by atoms with Gasteiger partial charge in [0.15, 0.2) is 0 Å². The van der Waals surface area contributed by atoms with Crippen molar-refractivity contribution in [2.75, 3.05) is 4.72 Å². The first-order valence-electron chi connectivity index (χ1n) is 9.04. The number of sulfonamides is 1. The summed E-state index contributed by atoms with van der Waals surface area (Å²) < 4.78 is 69.8. The van der Waals surface area contributed by atoms with Gasteiger partial charge in [-0.3, -0.25) is 4.72 Å². The molecule has 0 atom stereocenters. The number of halogens is 3. The molecule has 6 nitrogen and oxygen atoms in total. The summed E-state index contributed by atoms with van der Waals surface area (Å²) in [6.07, 6.45) is -1.07. The Morgan fingerprint density at radius 3 is 2.29 bits per heavy atom. The maximum absolute atomic E-state index is 12.5. The number of ether oxygens (including phenoxy) is 1. The van der Waals surface area contributed by atoms with Crippen molar-refractivity contribution >= 4 is 21.4 Å². The number of aromatic nitrogens is 2. The molecule has 160 valence electrons. The Hall–Kier alpha value is -3.53. The largest absolute Gasteiger partial charge is 0.573 e. The number of imidazole rings is 1. The van der Waals surface area contributed by atoms with Crippen molar-refractivity contribution in [1.29, 1.82) is 0 Å². The van der Waals surface area contributed by atoms with Gasteiger partial charge >= 0.3 is 6.36 Å². The van der Waals surface area contributed by atoms with Crippen LogP contribution < -0.4 is 9.46 Å². The van der Waals surface area contributed by atoms with E-state index in [2.05, 4.69) is 14.4 Å². The molecular formula is C21H16F3N3O3S. The average Bonchev–Trinajstić information content (AvgIpc) is 3.13. The smallest absolute Gasteiger partial charge is 0.406 e. The zero-order valence-electron chi connectivity index (χ0n) is 16.1. The van der Waals surface area contributed by atoms with Crippen LogP contribution >= 0.6 is 0 Å². The molecule has 31 heavy (non-hydrogen) atoms. The molecule has 0 fully saturated rings. The predicted octanol–water partition coefficient (Wildman–Crippen LogP) is 5.01. The number of benzene rings is 2. The maximum atomic E-state index is 12.5. The van der Waals surface area contributed by atoms with Crippen LogP contribution in [0.25, 0.3) is 16.9 Å². The van der Waals surface area contributed by atoms with E-state index in [9.17, 15) is 21.6 Å². The lowest BCUT2D eigenvalue weighted by atomic mass is 10.1. The molecule has 1 N–H and O–H groups in total. The molecule has 2 aromatic heterocycles. The predicted molar refractivity (Wildman–Crippen MR) is 109 cm³/mol. The number of aryl methyl sites for hydroxylation is 1. The van der Waals surface area contributed by atoms with Crippen LogP contribution in [-0.2, 0) is 10.0 Å². The number of hydrogen-bond acceptors (Lipinski definition) is 4. The van der Waals surface area contributed by atoms with Crippen LogP contribution in [0.2, 0.25) is 0 Å². The molecule has 2 heterocycles. The van der Waals surface area contributed by atoms with Gasteiger partial charge in [-0.25, -0.2) is 13.4 Å². The molecule has 0 spiro atoms. The molecule has 0 aliphatic rings. The standard InChI is InChI=1S/C21H16F3N3O3S/c1-14-3-2-12-27-13-19(25-20(14)27)15-4-6-16(7-5-15)26-31(28,29)18-10-8-17(9-11-18)30-21(22,23)24/h2-13,26H,1H3. The lowest BCUT2D eigenvalue weighted by molar-refractivity contribution is -0.274. The van der Waals surface area contributed by atoms with E-state index < -0.39 is 22.1 Å². The number of hydrogen-bond donors (Lipinski definition) is 1. The maximum Gasteiger partial charge on any atom is 0.573 e. The Morgan fingerprint density at radius 1 is 1.00 bits per heavy atom. The van der Waals surface area contributed by atoms with E-state index in [0.29, 0.717) is 5.69 Å². The second-order valence-electron chi connectivity index (χ2n) is 6.75. The number of nitrogens with zero attached hydrogens (tertiary/aromatic N) is 2. The quantitative estimate of drug-likeness (QED) is 0.467. The zero-order chi connectivity index (χ0) is 22.2. The summed E-state index contributed by atoms with van der Waals surface area (Å²) in [5.41, 5.74) is 3.72. The van der Waals surface area contributed by atoms with Crippen molar-refractivity contribution in [3.8, 4) is 17.0 Å². The number of nitrogens with one attached hydrogen (secondary N) is 1. The summed E-state index contributed by atoms with van der Waals surface area (Å²) in [7, 11) is -3.98. The monoisotopic (exact) mass is 447 g/mol. The fourth-order valence-electron chi connectivity index (χ4n) is 3.04. The van der Waals surface area contributed by atoms with Crippen LogP contribution in [0.15, 0.2) is 78.0 Å². The van der Waals surface area contributed by atoms with Gasteiger partial charge in [-0.15, -0.1) is 13.2 Å². The fraction of sp³-hybridized carbons (Fsp3) is 0.0952. The summed E-state index contributed by atoms with van der Waals surface area (Å²) >= 11 is 0. The van der Waals surface area contributed by atoms with E-state index in [-0.39, 0.29) is 4.90 Å². The average molecular weight is 447 g/mol. The van der Waals surface area contributed by atoms with Crippen LogP contribution in [0.4, 0.5) is 18.9 Å². The zero-order valence-corrected chi connectivity index (χ0v) is 16.9. The number of rotatable bonds is 5. The van der Waals surface area contributed by atoms with Gasteiger partial charge < -0.3 is 9.14 Å². The van der Waals surface area contributed by atoms with Crippen molar-refractivity contribution < 1.29 is 26.3 Å². The first-order chi connectivity index (χ1) is 14.6. The Balaban J connectivity index is 1.52. The number of pyridine rings is 1. The highest BCUT2D eigenvalue weighted by atomic mass is 32.2. The van der Waals surface area contributed by atoms with Crippen molar-refractivity contribution in [3.05, 3.63) is 78.6 Å². The highest BCUT2D eigenvalue weighted by Gasteiger charge is 2.31. The lowest BCUT2D eigenvalue weighted by Gasteiger charge is -2.11. The SMILES string of the molecule is Cc1cccn2cc(-c3ccc(NS(=O)(=O)c4ccc(OC(F)(F)F)cc4)cc3)nc12. The van der Waals surface area contributed by atoms with Gasteiger partial charge in [0.2, 0.25) is 0 Å². The van der Waals surface area contributed by atoms with Gasteiger partial charge in [0.05, 0.1) is 10.6 Å². The Bertz CT molecular complexity index is 1330. The van der Waals surface area contributed by atoms with Gasteiger partial charge in [-0.05, 0) is 55.0 Å². The molecule has 10 heteroatoms. The van der Waals surface area contributed by atoms with Crippen LogP contribution in [0.3, 0.4) is 0 Å². The minimum atomic E-state index is -4.85. The highest BCUT2D eigenvalue weighted by molar-refractivity contribution is 7.92. The molecule has 0 saturated heterocycles. The van der Waals surface area contributed by atoms with Crippen molar-refractivity contribution in [3.63, 3.8) is 0 Å². The van der Waals surface area contributed by atoms with E-state index >= 15 is 0 Å². The van der Waals surface area contributed by atoms with E-state index in [0.717, 1.165) is 46.7 Å². The van der Waals surface area contributed by atoms with Gasteiger partial charge in [-0.2, -0.15) is 0 Å². The Kier molecular flexibility index (Phi) is 5.10. The molecule has 0 amide bonds. The summed E-state index contributed by atoms with van der Waals surface area (Å²) in [5, 5.41) is 0. The summed E-state index contributed by atoms with van der Waals surface area (Å²) in [6.45, 7) is 1.96.